The fourth-order valence-electron chi connectivity index (χ4n) is 2.10. The molecule has 0 aliphatic rings. The number of nitrogens with zero attached hydrogens (tertiary/aromatic N) is 3. The molecule has 132 valence electrons. The van der Waals surface area contributed by atoms with Gasteiger partial charge in [0.2, 0.25) is 0 Å². The van der Waals surface area contributed by atoms with Crippen LogP contribution < -0.4 is 10.2 Å². The van der Waals surface area contributed by atoms with Gasteiger partial charge in [-0.25, -0.2) is 9.67 Å². The summed E-state index contributed by atoms with van der Waals surface area (Å²) in [7, 11) is 0. The summed E-state index contributed by atoms with van der Waals surface area (Å²) >= 11 is 5.88. The Labute approximate surface area is 156 Å². The Bertz CT molecular complexity index is 860. The normalized spacial score (nSPS) is 11.2. The highest BCUT2D eigenvalue weighted by atomic mass is 35.5. The lowest BCUT2D eigenvalue weighted by Crippen LogP contribution is -2.14. The summed E-state index contributed by atoms with van der Waals surface area (Å²) in [6, 6.07) is 14.8. The van der Waals surface area contributed by atoms with Crippen molar-refractivity contribution in [2.75, 3.05) is 6.61 Å². The first-order chi connectivity index (χ1) is 12.7. The van der Waals surface area contributed by atoms with Crippen LogP contribution in [0.4, 0.5) is 0 Å². The van der Waals surface area contributed by atoms with Crippen molar-refractivity contribution in [2.45, 2.75) is 0 Å². The van der Waals surface area contributed by atoms with Crippen LogP contribution in [0.2, 0.25) is 5.02 Å². The van der Waals surface area contributed by atoms with Gasteiger partial charge in [0, 0.05) is 10.6 Å². The minimum absolute atomic E-state index is 0.368. The molecule has 1 aromatic heterocycles. The predicted octanol–water partition coefficient (Wildman–Crippen LogP) is 4.39. The van der Waals surface area contributed by atoms with Crippen molar-refractivity contribution in [1.82, 2.24) is 20.2 Å². The maximum Gasteiger partial charge on any atom is 0.138 e. The predicted molar refractivity (Wildman–Crippen MR) is 101 cm³/mol. The Morgan fingerprint density at radius 2 is 1.81 bits per heavy atom. The van der Waals surface area contributed by atoms with Gasteiger partial charge in [0.05, 0.1) is 18.5 Å². The first kappa shape index (κ1) is 17.7. The molecule has 0 aliphatic carbocycles. The number of hydrogen-bond donors (Lipinski definition) is 1. The van der Waals surface area contributed by atoms with Crippen molar-refractivity contribution >= 4 is 23.5 Å². The van der Waals surface area contributed by atoms with Crippen LogP contribution in [-0.4, -0.2) is 21.4 Å². The van der Waals surface area contributed by atoms with E-state index in [1.54, 1.807) is 35.4 Å². The highest BCUT2D eigenvalue weighted by Gasteiger charge is 2.04. The lowest BCUT2D eigenvalue weighted by Gasteiger charge is -2.12. The topological polar surface area (TPSA) is 61.2 Å². The third kappa shape index (κ3) is 4.95. The van der Waals surface area contributed by atoms with E-state index in [0.717, 1.165) is 11.3 Å². The Hall–Kier alpha value is -3.09. The van der Waals surface area contributed by atoms with Crippen LogP contribution in [0.5, 0.6) is 11.5 Å². The van der Waals surface area contributed by atoms with Gasteiger partial charge in [0.25, 0.3) is 0 Å². The number of hydrogen-bond acceptors (Lipinski definition) is 5. The molecule has 6 nitrogen and oxygen atoms in total. The van der Waals surface area contributed by atoms with Gasteiger partial charge in [-0.3, -0.25) is 10.3 Å². The zero-order valence-electron chi connectivity index (χ0n) is 13.9. The molecular formula is C19H17ClN4O2. The van der Waals surface area contributed by atoms with Gasteiger partial charge >= 0.3 is 0 Å². The quantitative estimate of drug-likeness (QED) is 0.363. The molecule has 1 N–H and O–H groups in total. The van der Waals surface area contributed by atoms with E-state index in [1.807, 2.05) is 36.4 Å². The van der Waals surface area contributed by atoms with E-state index in [2.05, 4.69) is 22.1 Å². The molecule has 0 spiro atoms. The number of rotatable bonds is 8. The van der Waals surface area contributed by atoms with Gasteiger partial charge in [-0.05, 0) is 48.5 Å². The lowest BCUT2D eigenvalue weighted by atomic mass is 10.1. The highest BCUT2D eigenvalue weighted by molar-refractivity contribution is 6.30. The summed E-state index contributed by atoms with van der Waals surface area (Å²) in [6.07, 6.45) is 6.48. The van der Waals surface area contributed by atoms with Gasteiger partial charge in [0.1, 0.15) is 24.2 Å². The molecule has 0 unspecified atom stereocenters. The molecule has 0 amide bonds. The summed E-state index contributed by atoms with van der Waals surface area (Å²) in [6.45, 7) is 3.99. The molecule has 0 bridgehead atoms. The number of halogens is 1. The molecule has 26 heavy (non-hydrogen) atoms. The molecule has 0 atom stereocenters. The molecule has 3 aromatic rings. The fraction of sp³-hybridized carbons (Fsp3) is 0.0526. The third-order valence-corrected chi connectivity index (χ3v) is 3.55. The van der Waals surface area contributed by atoms with Crippen molar-refractivity contribution in [2.24, 2.45) is 0 Å². The Kier molecular flexibility index (Phi) is 6.03. The van der Waals surface area contributed by atoms with Crippen molar-refractivity contribution in [3.8, 4) is 11.5 Å². The van der Waals surface area contributed by atoms with E-state index in [4.69, 9.17) is 21.2 Å². The minimum atomic E-state index is 0.368. The highest BCUT2D eigenvalue weighted by Crippen LogP contribution is 2.24. The maximum atomic E-state index is 5.88. The number of benzene rings is 2. The minimum Gasteiger partial charge on any atom is -0.457 e. The summed E-state index contributed by atoms with van der Waals surface area (Å²) in [4.78, 5) is 9.27. The van der Waals surface area contributed by atoms with E-state index in [9.17, 15) is 0 Å². The van der Waals surface area contributed by atoms with E-state index < -0.39 is 0 Å². The largest absolute Gasteiger partial charge is 0.457 e. The summed E-state index contributed by atoms with van der Waals surface area (Å²) in [5, 5.41) is 4.74. The van der Waals surface area contributed by atoms with Crippen LogP contribution in [0.3, 0.4) is 0 Å². The molecular weight excluding hydrogens is 352 g/mol. The Morgan fingerprint density at radius 1 is 1.12 bits per heavy atom. The summed E-state index contributed by atoms with van der Waals surface area (Å²) < 4.78 is 7.38. The zero-order valence-corrected chi connectivity index (χ0v) is 14.6. The van der Waals surface area contributed by atoms with Crippen LogP contribution >= 0.6 is 11.6 Å². The van der Waals surface area contributed by atoms with Crippen molar-refractivity contribution in [3.05, 3.63) is 84.4 Å². The number of nitrogens with one attached hydrogen (secondary N) is 1. The van der Waals surface area contributed by atoms with E-state index in [0.29, 0.717) is 23.1 Å². The standard InChI is InChI=1S/C19H17ClN4O2/c1-2-11-25-23-19(12-24-14-21-13-22-24)15-3-7-17(8-4-15)26-18-9-5-16(20)6-10-18/h2-10,12-14,23H,1,11H2. The number of aromatic nitrogens is 3. The van der Waals surface area contributed by atoms with E-state index in [1.165, 1.54) is 6.33 Å². The smallest absolute Gasteiger partial charge is 0.138 e. The van der Waals surface area contributed by atoms with Crippen LogP contribution in [0, 0.1) is 0 Å². The molecule has 0 radical (unpaired) electrons. The van der Waals surface area contributed by atoms with Crippen LogP contribution in [0.25, 0.3) is 11.9 Å². The lowest BCUT2D eigenvalue weighted by molar-refractivity contribution is 0.104. The molecule has 3 rings (SSSR count). The number of hydroxylamine groups is 1. The van der Waals surface area contributed by atoms with Gasteiger partial charge in [-0.2, -0.15) is 5.10 Å². The number of ether oxygens (including phenoxy) is 1. The first-order valence-corrected chi connectivity index (χ1v) is 8.21. The fourth-order valence-corrected chi connectivity index (χ4v) is 2.22. The Morgan fingerprint density at radius 3 is 2.42 bits per heavy atom. The monoisotopic (exact) mass is 368 g/mol. The average molecular weight is 369 g/mol. The molecule has 0 saturated carbocycles. The summed E-state index contributed by atoms with van der Waals surface area (Å²) in [5.74, 6) is 1.43. The molecule has 2 aromatic carbocycles. The van der Waals surface area contributed by atoms with Gasteiger partial charge in [0.15, 0.2) is 0 Å². The second-order valence-electron chi connectivity index (χ2n) is 5.20. The molecule has 0 fully saturated rings. The second kappa shape index (κ2) is 8.84. The zero-order chi connectivity index (χ0) is 18.2. The van der Waals surface area contributed by atoms with Gasteiger partial charge < -0.3 is 4.74 Å². The van der Waals surface area contributed by atoms with E-state index >= 15 is 0 Å². The molecule has 7 heteroatoms. The third-order valence-electron chi connectivity index (χ3n) is 3.30. The molecule has 1 heterocycles. The van der Waals surface area contributed by atoms with Crippen molar-refractivity contribution in [1.29, 1.82) is 0 Å². The van der Waals surface area contributed by atoms with Crippen LogP contribution in [0.1, 0.15) is 5.56 Å². The molecule has 0 aliphatic heterocycles. The van der Waals surface area contributed by atoms with Gasteiger partial charge in [-0.15, -0.1) is 6.58 Å². The van der Waals surface area contributed by atoms with Crippen LogP contribution in [-0.2, 0) is 4.84 Å². The van der Waals surface area contributed by atoms with Gasteiger partial charge in [-0.1, -0.05) is 17.7 Å². The van der Waals surface area contributed by atoms with E-state index in [-0.39, 0.29) is 0 Å². The van der Waals surface area contributed by atoms with Crippen LogP contribution in [0.15, 0.2) is 73.8 Å². The summed E-state index contributed by atoms with van der Waals surface area (Å²) in [5.41, 5.74) is 4.51. The maximum absolute atomic E-state index is 5.88. The average Bonchev–Trinajstić information content (AvgIpc) is 3.17. The second-order valence-corrected chi connectivity index (χ2v) is 5.64. The van der Waals surface area contributed by atoms with Crippen molar-refractivity contribution in [3.63, 3.8) is 0 Å². The van der Waals surface area contributed by atoms with Crippen molar-refractivity contribution < 1.29 is 9.57 Å². The Balaban J connectivity index is 1.76. The molecule has 0 saturated heterocycles. The SMILES string of the molecule is C=CCONC(=Cn1cncn1)c1ccc(Oc2ccc(Cl)cc2)cc1. The first-order valence-electron chi connectivity index (χ1n) is 7.83.